The molecule has 0 nitrogen and oxygen atoms in total. The van der Waals surface area contributed by atoms with E-state index in [9.17, 15) is 0 Å². The van der Waals surface area contributed by atoms with E-state index in [1.54, 1.807) is 0 Å². The first-order valence-corrected chi connectivity index (χ1v) is 0. The van der Waals surface area contributed by atoms with Crippen molar-refractivity contribution in [1.29, 1.82) is 0 Å². The summed E-state index contributed by atoms with van der Waals surface area (Å²) in [5, 5.41) is 0. The van der Waals surface area contributed by atoms with E-state index in [-0.39, 0.29) is 86.6 Å². The first-order chi connectivity index (χ1) is 0. The van der Waals surface area contributed by atoms with Crippen LogP contribution in [0.2, 0.25) is 0 Å². The molecule has 0 bridgehead atoms. The van der Waals surface area contributed by atoms with Gasteiger partial charge in [0, 0.05) is 0 Å². The molecule has 36 valence electrons. The van der Waals surface area contributed by atoms with Gasteiger partial charge in [-0.1, -0.05) is 0 Å². The predicted octanol–water partition coefficient (Wildman–Crippen LogP) is -5.92. The van der Waals surface area contributed by atoms with Gasteiger partial charge in [-0.3, -0.25) is 0 Å². The van der Waals surface area contributed by atoms with Crippen LogP contribution in [0.4, 0.5) is 0 Å². The van der Waals surface area contributed by atoms with Crippen molar-refractivity contribution in [2.75, 3.05) is 0 Å². The third kappa shape index (κ3) is 21.1. The average molecular weight is 418 g/mol. The second-order valence-electron chi connectivity index (χ2n) is 0. The second-order valence-corrected chi connectivity index (χ2v) is 0. The minimum atomic E-state index is 0. The van der Waals surface area contributed by atoms with Crippen LogP contribution in [0.25, 0.3) is 0 Å². The molecule has 0 radical (unpaired) electrons. The van der Waals surface area contributed by atoms with E-state index in [0.717, 1.165) is 0 Å². The van der Waals surface area contributed by atoms with Gasteiger partial charge in [0.15, 0.2) is 17.4 Å². The van der Waals surface area contributed by atoms with Crippen LogP contribution in [-0.4, -0.2) is 86.6 Å². The third-order valence-electron chi connectivity index (χ3n) is 0. The fourth-order valence-electron chi connectivity index (χ4n) is 0. The van der Waals surface area contributed by atoms with Gasteiger partial charge in [0.05, 0.1) is 8.41 Å². The molecular weight excluding hydrogens is 402 g/mol. The molecule has 5 heavy (non-hydrogen) atoms. The predicted molar refractivity (Wildman–Crippen MR) is 49.7 cm³/mol. The summed E-state index contributed by atoms with van der Waals surface area (Å²) in [7, 11) is 0. The molecule has 0 aromatic heterocycles. The Balaban J connectivity index is 0. The van der Waals surface area contributed by atoms with E-state index in [0.29, 0.717) is 0 Å². The first-order valence-electron chi connectivity index (χ1n) is 0. The van der Waals surface area contributed by atoms with Gasteiger partial charge in [0.2, 0.25) is 0 Å². The number of hydrogen-bond donors (Lipinski definition) is 0. The molecule has 0 saturated carbocycles. The van der Waals surface area contributed by atoms with Crippen LogP contribution in [-0.2, 0) is 0 Å². The van der Waals surface area contributed by atoms with E-state index in [2.05, 4.69) is 0 Å². The summed E-state index contributed by atoms with van der Waals surface area (Å²) in [5.41, 5.74) is 0. The monoisotopic (exact) mass is 420 g/mol. The molecule has 0 aliphatic carbocycles. The van der Waals surface area contributed by atoms with Crippen molar-refractivity contribution in [3.05, 3.63) is 0 Å². The molecule has 0 amide bonds. The SMILES string of the molecule is B.[AlH3].[BiH3].[SiH4].[TeH2]. The van der Waals surface area contributed by atoms with Crippen molar-refractivity contribution in [3.63, 3.8) is 0 Å². The summed E-state index contributed by atoms with van der Waals surface area (Å²) in [4.78, 5) is 0. The molecule has 0 rings (SSSR count). The van der Waals surface area contributed by atoms with Gasteiger partial charge in [-0.25, -0.2) is 0 Å². The summed E-state index contributed by atoms with van der Waals surface area (Å²) in [5.74, 6) is 0. The summed E-state index contributed by atoms with van der Waals surface area (Å²) in [6.07, 6.45) is 0. The van der Waals surface area contributed by atoms with E-state index < -0.39 is 0 Å². The summed E-state index contributed by atoms with van der Waals surface area (Å²) < 4.78 is 0. The van der Waals surface area contributed by atoms with Crippen LogP contribution < -0.4 is 0 Å². The fraction of sp³-hybridized carbons (Fsp3) is 0. The molecule has 5 heteroatoms. The van der Waals surface area contributed by atoms with Crippen LogP contribution >= 0.6 is 0 Å². The molecule has 0 aliphatic heterocycles. The number of rotatable bonds is 0. The molecule has 0 heterocycles. The van der Waals surface area contributed by atoms with E-state index in [4.69, 9.17) is 0 Å². The molecule has 0 aromatic rings. The van der Waals surface area contributed by atoms with Crippen LogP contribution in [0.5, 0.6) is 0 Å². The molecular formula is H15AlBBiSiTe. The topological polar surface area (TPSA) is 0 Å². The molecule has 0 aliphatic rings. The van der Waals surface area contributed by atoms with Crippen molar-refractivity contribution in [2.45, 2.75) is 0 Å². The zero-order chi connectivity index (χ0) is 0. The molecule has 0 saturated heterocycles. The van der Waals surface area contributed by atoms with Crippen molar-refractivity contribution in [2.24, 2.45) is 0 Å². The Labute approximate surface area is 85.4 Å². The van der Waals surface area contributed by atoms with E-state index in [1.165, 1.54) is 0 Å². The standard InChI is InChI=1S/Al.BH3.Bi.H4Si.H2Te.6H/h;1H3;;1H4;1H2;;;;;;. The molecule has 0 N–H and O–H groups in total. The Bertz CT molecular complexity index is 11.6. The zero-order valence-corrected chi connectivity index (χ0v) is 9.56. The van der Waals surface area contributed by atoms with Gasteiger partial charge in [-0.05, 0) is 11.0 Å². The maximum absolute atomic E-state index is 0. The summed E-state index contributed by atoms with van der Waals surface area (Å²) in [6, 6.07) is 0. The average Bonchev–Trinajstić information content (AvgIpc) is 0. The van der Waals surface area contributed by atoms with Crippen molar-refractivity contribution >= 4 is 86.6 Å². The van der Waals surface area contributed by atoms with Crippen LogP contribution in [0.3, 0.4) is 0 Å². The zero-order valence-electron chi connectivity index (χ0n) is 1.21. The van der Waals surface area contributed by atoms with Crippen molar-refractivity contribution in [1.82, 2.24) is 0 Å². The number of hydrogen-bond acceptors (Lipinski definition) is 0. The second kappa shape index (κ2) is 31.6. The van der Waals surface area contributed by atoms with Crippen LogP contribution in [0, 0.1) is 0 Å². The molecule has 0 unspecified atom stereocenters. The van der Waals surface area contributed by atoms with Gasteiger partial charge in [0.25, 0.3) is 0 Å². The molecule has 0 atom stereocenters. The van der Waals surface area contributed by atoms with Gasteiger partial charge in [-0.2, -0.15) is 0 Å². The quantitative estimate of drug-likeness (QED) is 0.345. The molecule has 0 aromatic carbocycles. The normalized spacial score (nSPS) is 0. The Morgan fingerprint density at radius 3 is 1.00 bits per heavy atom. The van der Waals surface area contributed by atoms with Crippen molar-refractivity contribution < 1.29 is 0 Å². The molecule has 0 spiro atoms. The Morgan fingerprint density at radius 2 is 1.00 bits per heavy atom. The first kappa shape index (κ1) is 50.9. The van der Waals surface area contributed by atoms with Gasteiger partial charge in [-0.15, -0.1) is 0 Å². The molecule has 0 fully saturated rings. The Hall–Kier alpha value is 2.49. The van der Waals surface area contributed by atoms with E-state index in [1.807, 2.05) is 0 Å². The van der Waals surface area contributed by atoms with Gasteiger partial charge < -0.3 is 0 Å². The Morgan fingerprint density at radius 1 is 1.00 bits per heavy atom. The Kier molecular flexibility index (Phi) is 322. The van der Waals surface area contributed by atoms with Crippen LogP contribution in [0.1, 0.15) is 0 Å². The fourth-order valence-corrected chi connectivity index (χ4v) is 0. The summed E-state index contributed by atoms with van der Waals surface area (Å²) in [6.45, 7) is 0. The summed E-state index contributed by atoms with van der Waals surface area (Å²) >= 11 is 0. The minimum absolute atomic E-state index is 0. The van der Waals surface area contributed by atoms with Crippen LogP contribution in [0.15, 0.2) is 0 Å². The van der Waals surface area contributed by atoms with Crippen molar-refractivity contribution in [3.8, 4) is 0 Å². The van der Waals surface area contributed by atoms with Gasteiger partial charge in [0.1, 0.15) is 0 Å². The maximum atomic E-state index is 0. The third-order valence-corrected chi connectivity index (χ3v) is 0. The van der Waals surface area contributed by atoms with E-state index >= 15 is 0 Å². The van der Waals surface area contributed by atoms with Gasteiger partial charge >= 0.3 is 49.9 Å².